The second-order valence-corrected chi connectivity index (χ2v) is 8.77. The Balaban J connectivity index is 1.80. The van der Waals surface area contributed by atoms with Crippen molar-refractivity contribution in [1.29, 1.82) is 0 Å². The van der Waals surface area contributed by atoms with Gasteiger partial charge in [-0.2, -0.15) is 5.10 Å². The van der Waals surface area contributed by atoms with Crippen molar-refractivity contribution in [3.8, 4) is 17.1 Å². The zero-order valence-corrected chi connectivity index (χ0v) is 19.8. The van der Waals surface area contributed by atoms with Gasteiger partial charge in [0, 0.05) is 19.2 Å². The van der Waals surface area contributed by atoms with Crippen molar-refractivity contribution in [2.75, 3.05) is 12.4 Å². The van der Waals surface area contributed by atoms with Gasteiger partial charge in [0.1, 0.15) is 5.75 Å². The highest BCUT2D eigenvalue weighted by molar-refractivity contribution is 8.00. The quantitative estimate of drug-likeness (QED) is 0.499. The van der Waals surface area contributed by atoms with E-state index in [2.05, 4.69) is 32.1 Å². The summed E-state index contributed by atoms with van der Waals surface area (Å²) < 4.78 is 9.12. The Labute approximate surface area is 187 Å². The molecule has 1 atom stereocenters. The van der Waals surface area contributed by atoms with Gasteiger partial charge in [0.05, 0.1) is 29.4 Å². The molecule has 3 rings (SSSR count). The maximum absolute atomic E-state index is 12.9. The Kier molecular flexibility index (Phi) is 7.37. The number of unbranched alkanes of at least 4 members (excludes halogenated alkanes) is 1. The Hall–Kier alpha value is -2.81. The lowest BCUT2D eigenvalue weighted by Crippen LogP contribution is -2.23. The van der Waals surface area contributed by atoms with E-state index in [1.54, 1.807) is 11.8 Å². The summed E-state index contributed by atoms with van der Waals surface area (Å²) in [6, 6.07) is 7.78. The predicted molar refractivity (Wildman–Crippen MR) is 124 cm³/mol. The molecule has 8 nitrogen and oxygen atoms in total. The monoisotopic (exact) mass is 442 g/mol. The number of nitrogens with zero attached hydrogens (tertiary/aromatic N) is 5. The van der Waals surface area contributed by atoms with E-state index in [0.717, 1.165) is 58.8 Å². The molecule has 1 aromatic carbocycles. The summed E-state index contributed by atoms with van der Waals surface area (Å²) in [4.78, 5) is 12.9. The van der Waals surface area contributed by atoms with E-state index in [1.807, 2.05) is 52.1 Å². The predicted octanol–water partition coefficient (Wildman–Crippen LogP) is 4.22. The van der Waals surface area contributed by atoms with E-state index in [0.29, 0.717) is 0 Å². The van der Waals surface area contributed by atoms with Crippen LogP contribution >= 0.6 is 11.8 Å². The first kappa shape index (κ1) is 22.9. The normalized spacial score (nSPS) is 12.1. The second kappa shape index (κ2) is 10.00. The Morgan fingerprint density at radius 1 is 1.23 bits per heavy atom. The number of benzene rings is 1. The first-order valence-electron chi connectivity index (χ1n) is 10.4. The molecule has 166 valence electrons. The van der Waals surface area contributed by atoms with Gasteiger partial charge in [0.15, 0.2) is 11.0 Å². The standard InChI is InChI=1S/C22H30N6O2S/c1-7-8-13-28-20(17-9-11-18(30-6)12-10-17)24-25-22(28)31-16(4)21(29)23-19-14(2)26-27(5)15(19)3/h9-12,16H,7-8,13H2,1-6H3,(H,23,29). The number of carbonyl (C=O) groups is 1. The van der Waals surface area contributed by atoms with Crippen LogP contribution in [0.4, 0.5) is 5.69 Å². The van der Waals surface area contributed by atoms with Crippen LogP contribution in [0.2, 0.25) is 0 Å². The van der Waals surface area contributed by atoms with Gasteiger partial charge in [0.2, 0.25) is 5.91 Å². The molecule has 0 saturated carbocycles. The van der Waals surface area contributed by atoms with Crippen molar-refractivity contribution in [1.82, 2.24) is 24.5 Å². The van der Waals surface area contributed by atoms with Gasteiger partial charge in [-0.3, -0.25) is 9.48 Å². The zero-order valence-electron chi connectivity index (χ0n) is 19.0. The lowest BCUT2D eigenvalue weighted by atomic mass is 10.2. The van der Waals surface area contributed by atoms with Gasteiger partial charge >= 0.3 is 0 Å². The molecule has 0 aliphatic carbocycles. The van der Waals surface area contributed by atoms with E-state index in [-0.39, 0.29) is 11.2 Å². The first-order chi connectivity index (χ1) is 14.8. The maximum atomic E-state index is 12.9. The van der Waals surface area contributed by atoms with Crippen molar-refractivity contribution in [2.45, 2.75) is 57.5 Å². The fourth-order valence-electron chi connectivity index (χ4n) is 3.24. The maximum Gasteiger partial charge on any atom is 0.237 e. The number of hydrogen-bond donors (Lipinski definition) is 1. The molecule has 2 aromatic heterocycles. The van der Waals surface area contributed by atoms with Gasteiger partial charge in [-0.15, -0.1) is 10.2 Å². The van der Waals surface area contributed by atoms with Crippen LogP contribution in [0.5, 0.6) is 5.75 Å². The van der Waals surface area contributed by atoms with E-state index >= 15 is 0 Å². The molecular weight excluding hydrogens is 412 g/mol. The molecule has 0 fully saturated rings. The van der Waals surface area contributed by atoms with E-state index < -0.39 is 0 Å². The lowest BCUT2D eigenvalue weighted by molar-refractivity contribution is -0.115. The molecule has 3 aromatic rings. The summed E-state index contributed by atoms with van der Waals surface area (Å²) in [5.41, 5.74) is 3.47. The highest BCUT2D eigenvalue weighted by atomic mass is 32.2. The van der Waals surface area contributed by atoms with Gasteiger partial charge in [-0.05, 0) is 51.5 Å². The molecule has 2 heterocycles. The van der Waals surface area contributed by atoms with Crippen LogP contribution in [0.1, 0.15) is 38.1 Å². The van der Waals surface area contributed by atoms with Crippen LogP contribution in [-0.4, -0.2) is 42.8 Å². The SMILES string of the molecule is CCCCn1c(SC(C)C(=O)Nc2c(C)nn(C)c2C)nnc1-c1ccc(OC)cc1. The molecule has 1 unspecified atom stereocenters. The average Bonchev–Trinajstić information content (AvgIpc) is 3.27. The summed E-state index contributed by atoms with van der Waals surface area (Å²) in [5, 5.41) is 16.6. The third-order valence-corrected chi connectivity index (χ3v) is 6.29. The number of ether oxygens (including phenoxy) is 1. The minimum atomic E-state index is -0.340. The topological polar surface area (TPSA) is 86.9 Å². The zero-order chi connectivity index (χ0) is 22.5. The largest absolute Gasteiger partial charge is 0.497 e. The lowest BCUT2D eigenvalue weighted by Gasteiger charge is -2.14. The van der Waals surface area contributed by atoms with Crippen LogP contribution in [0, 0.1) is 13.8 Å². The van der Waals surface area contributed by atoms with Crippen LogP contribution in [-0.2, 0) is 18.4 Å². The molecule has 0 aliphatic heterocycles. The van der Waals surface area contributed by atoms with E-state index in [4.69, 9.17) is 4.74 Å². The van der Waals surface area contributed by atoms with Gasteiger partial charge in [0.25, 0.3) is 0 Å². The number of anilines is 1. The summed E-state index contributed by atoms with van der Waals surface area (Å²) in [6.07, 6.45) is 2.06. The van der Waals surface area contributed by atoms with Crippen molar-refractivity contribution in [2.24, 2.45) is 7.05 Å². The van der Waals surface area contributed by atoms with Crippen molar-refractivity contribution < 1.29 is 9.53 Å². The number of rotatable bonds is 9. The average molecular weight is 443 g/mol. The Morgan fingerprint density at radius 2 is 1.94 bits per heavy atom. The molecule has 1 N–H and O–H groups in total. The van der Waals surface area contributed by atoms with Crippen LogP contribution in [0.3, 0.4) is 0 Å². The third-order valence-electron chi connectivity index (χ3n) is 5.21. The minimum absolute atomic E-state index is 0.0831. The Morgan fingerprint density at radius 3 is 2.52 bits per heavy atom. The molecule has 0 spiro atoms. The highest BCUT2D eigenvalue weighted by Crippen LogP contribution is 2.29. The smallest absolute Gasteiger partial charge is 0.237 e. The fraction of sp³-hybridized carbons (Fsp3) is 0.455. The molecule has 0 aliphatic rings. The fourth-order valence-corrected chi connectivity index (χ4v) is 4.11. The van der Waals surface area contributed by atoms with E-state index in [1.165, 1.54) is 11.8 Å². The number of aromatic nitrogens is 5. The molecule has 0 bridgehead atoms. The number of aryl methyl sites for hydroxylation is 2. The van der Waals surface area contributed by atoms with Gasteiger partial charge < -0.3 is 14.6 Å². The number of nitrogens with one attached hydrogen (secondary N) is 1. The number of hydrogen-bond acceptors (Lipinski definition) is 6. The molecule has 9 heteroatoms. The van der Waals surface area contributed by atoms with Crippen molar-refractivity contribution in [3.63, 3.8) is 0 Å². The minimum Gasteiger partial charge on any atom is -0.497 e. The summed E-state index contributed by atoms with van der Waals surface area (Å²) in [6.45, 7) is 8.66. The molecule has 1 amide bonds. The van der Waals surface area contributed by atoms with Crippen LogP contribution < -0.4 is 10.1 Å². The Bertz CT molecular complexity index is 1040. The second-order valence-electron chi connectivity index (χ2n) is 7.46. The highest BCUT2D eigenvalue weighted by Gasteiger charge is 2.22. The van der Waals surface area contributed by atoms with Gasteiger partial charge in [-0.25, -0.2) is 0 Å². The van der Waals surface area contributed by atoms with Gasteiger partial charge in [-0.1, -0.05) is 25.1 Å². The third kappa shape index (κ3) is 5.10. The summed E-state index contributed by atoms with van der Waals surface area (Å²) in [5.74, 6) is 1.51. The molecule has 31 heavy (non-hydrogen) atoms. The first-order valence-corrected chi connectivity index (χ1v) is 11.3. The number of carbonyl (C=O) groups excluding carboxylic acids is 1. The van der Waals surface area contributed by atoms with Crippen molar-refractivity contribution >= 4 is 23.4 Å². The molecule has 0 radical (unpaired) electrons. The van der Waals surface area contributed by atoms with Crippen molar-refractivity contribution in [3.05, 3.63) is 35.7 Å². The number of methoxy groups -OCH3 is 1. The summed E-state index contributed by atoms with van der Waals surface area (Å²) in [7, 11) is 3.52. The van der Waals surface area contributed by atoms with E-state index in [9.17, 15) is 4.79 Å². The molecular formula is C22H30N6O2S. The summed E-state index contributed by atoms with van der Waals surface area (Å²) >= 11 is 1.42. The molecule has 0 saturated heterocycles. The number of amides is 1. The van der Waals surface area contributed by atoms with Crippen LogP contribution in [0.15, 0.2) is 29.4 Å². The van der Waals surface area contributed by atoms with Crippen LogP contribution in [0.25, 0.3) is 11.4 Å². The number of thioether (sulfide) groups is 1.